The zero-order valence-electron chi connectivity index (χ0n) is 14.6. The fourth-order valence-corrected chi connectivity index (χ4v) is 3.99. The number of hydrogen-bond donors (Lipinski definition) is 1. The van der Waals surface area contributed by atoms with Gasteiger partial charge in [-0.25, -0.2) is 4.39 Å². The molecule has 0 unspecified atom stereocenters. The van der Waals surface area contributed by atoms with Crippen LogP contribution in [0.5, 0.6) is 5.75 Å². The summed E-state index contributed by atoms with van der Waals surface area (Å²) in [5.74, 6) is 1.59. The standard InChI is InChI=1S/C19H24FN3O2/c1-13-22-23-18(25-13)16-3-2-15(12-17(16)20)24-11-8-19(6-7-19)14-4-9-21-10-5-14/h2-3,12,14,21H,4-11H2,1H3. The van der Waals surface area contributed by atoms with Crippen molar-refractivity contribution in [1.29, 1.82) is 0 Å². The second kappa shape index (κ2) is 6.75. The molecule has 1 N–H and O–H groups in total. The SMILES string of the molecule is Cc1nnc(-c2ccc(OCCC3(C4CCNCC4)CC3)cc2F)o1. The van der Waals surface area contributed by atoms with Gasteiger partial charge in [0.1, 0.15) is 11.6 Å². The van der Waals surface area contributed by atoms with Gasteiger partial charge in [0, 0.05) is 13.0 Å². The average molecular weight is 345 g/mol. The monoisotopic (exact) mass is 345 g/mol. The van der Waals surface area contributed by atoms with Crippen molar-refractivity contribution in [1.82, 2.24) is 15.5 Å². The van der Waals surface area contributed by atoms with Crippen LogP contribution in [0.1, 0.15) is 38.0 Å². The lowest BCUT2D eigenvalue weighted by molar-refractivity contribution is 0.184. The second-order valence-corrected chi connectivity index (χ2v) is 7.25. The molecule has 0 bridgehead atoms. The number of rotatable bonds is 6. The maximum atomic E-state index is 14.3. The third-order valence-corrected chi connectivity index (χ3v) is 5.66. The minimum Gasteiger partial charge on any atom is -0.493 e. The van der Waals surface area contributed by atoms with Gasteiger partial charge in [-0.1, -0.05) is 0 Å². The summed E-state index contributed by atoms with van der Waals surface area (Å²) in [6, 6.07) is 4.80. The smallest absolute Gasteiger partial charge is 0.250 e. The molecule has 134 valence electrons. The van der Waals surface area contributed by atoms with Gasteiger partial charge in [-0.05, 0) is 68.7 Å². The Morgan fingerprint density at radius 2 is 2.08 bits per heavy atom. The number of aryl methyl sites for hydroxylation is 1. The molecule has 5 nitrogen and oxygen atoms in total. The molecule has 2 aromatic rings. The number of halogens is 1. The van der Waals surface area contributed by atoms with Crippen LogP contribution in [0.4, 0.5) is 4.39 Å². The summed E-state index contributed by atoms with van der Waals surface area (Å²) in [4.78, 5) is 0. The number of nitrogens with zero attached hydrogens (tertiary/aromatic N) is 2. The summed E-state index contributed by atoms with van der Waals surface area (Å²) >= 11 is 0. The Morgan fingerprint density at radius 3 is 2.72 bits per heavy atom. The minimum atomic E-state index is -0.402. The maximum absolute atomic E-state index is 14.3. The van der Waals surface area contributed by atoms with E-state index in [0.717, 1.165) is 25.4 Å². The molecule has 1 aromatic carbocycles. The van der Waals surface area contributed by atoms with Crippen LogP contribution in [0.15, 0.2) is 22.6 Å². The molecule has 2 aliphatic rings. The van der Waals surface area contributed by atoms with E-state index in [1.807, 2.05) is 0 Å². The molecule has 0 amide bonds. The average Bonchev–Trinajstić information content (AvgIpc) is 3.29. The second-order valence-electron chi connectivity index (χ2n) is 7.25. The van der Waals surface area contributed by atoms with Crippen molar-refractivity contribution in [2.45, 2.75) is 39.0 Å². The van der Waals surface area contributed by atoms with E-state index >= 15 is 0 Å². The van der Waals surface area contributed by atoms with Gasteiger partial charge in [0.25, 0.3) is 5.89 Å². The predicted octanol–water partition coefficient (Wildman–Crippen LogP) is 3.73. The van der Waals surface area contributed by atoms with Crippen LogP contribution in [-0.2, 0) is 0 Å². The summed E-state index contributed by atoms with van der Waals surface area (Å²) < 4.78 is 25.4. The first-order chi connectivity index (χ1) is 12.2. The molecule has 1 aliphatic heterocycles. The molecule has 2 heterocycles. The van der Waals surface area contributed by atoms with Gasteiger partial charge in [0.2, 0.25) is 5.89 Å². The molecular weight excluding hydrogens is 321 g/mol. The number of ether oxygens (including phenoxy) is 1. The summed E-state index contributed by atoms with van der Waals surface area (Å²) in [6.45, 7) is 4.59. The van der Waals surface area contributed by atoms with Crippen LogP contribution in [0.25, 0.3) is 11.5 Å². The quantitative estimate of drug-likeness (QED) is 0.864. The molecular formula is C19H24FN3O2. The third kappa shape index (κ3) is 3.54. The normalized spacial score (nSPS) is 19.8. The van der Waals surface area contributed by atoms with E-state index in [-0.39, 0.29) is 5.89 Å². The van der Waals surface area contributed by atoms with Gasteiger partial charge < -0.3 is 14.5 Å². The molecule has 6 heteroatoms. The van der Waals surface area contributed by atoms with Gasteiger partial charge in [-0.15, -0.1) is 10.2 Å². The van der Waals surface area contributed by atoms with Crippen molar-refractivity contribution in [3.63, 3.8) is 0 Å². The first kappa shape index (κ1) is 16.5. The fourth-order valence-electron chi connectivity index (χ4n) is 3.99. The fraction of sp³-hybridized carbons (Fsp3) is 0.579. The van der Waals surface area contributed by atoms with Crippen molar-refractivity contribution in [2.24, 2.45) is 11.3 Å². The van der Waals surface area contributed by atoms with Crippen molar-refractivity contribution >= 4 is 0 Å². The van der Waals surface area contributed by atoms with E-state index in [4.69, 9.17) is 9.15 Å². The topological polar surface area (TPSA) is 60.2 Å². The van der Waals surface area contributed by atoms with E-state index in [9.17, 15) is 4.39 Å². The summed E-state index contributed by atoms with van der Waals surface area (Å²) in [7, 11) is 0. The van der Waals surface area contributed by atoms with Gasteiger partial charge in [-0.2, -0.15) is 0 Å². The van der Waals surface area contributed by atoms with Crippen LogP contribution in [-0.4, -0.2) is 29.9 Å². The van der Waals surface area contributed by atoms with E-state index in [2.05, 4.69) is 15.5 Å². The molecule has 1 saturated heterocycles. The lowest BCUT2D eigenvalue weighted by Gasteiger charge is -2.30. The van der Waals surface area contributed by atoms with Crippen molar-refractivity contribution in [3.8, 4) is 17.2 Å². The number of benzene rings is 1. The highest BCUT2D eigenvalue weighted by Gasteiger charge is 2.48. The predicted molar refractivity (Wildman–Crippen MR) is 91.8 cm³/mol. The molecule has 4 rings (SSSR count). The van der Waals surface area contributed by atoms with Crippen molar-refractivity contribution in [2.75, 3.05) is 19.7 Å². The molecule has 0 spiro atoms. The Labute approximate surface area is 147 Å². The van der Waals surface area contributed by atoms with Crippen LogP contribution in [0.3, 0.4) is 0 Å². The van der Waals surface area contributed by atoms with E-state index in [1.165, 1.54) is 31.7 Å². The number of hydrogen-bond acceptors (Lipinski definition) is 5. The van der Waals surface area contributed by atoms with Gasteiger partial charge in [-0.3, -0.25) is 0 Å². The van der Waals surface area contributed by atoms with Crippen LogP contribution in [0, 0.1) is 24.1 Å². The van der Waals surface area contributed by atoms with Gasteiger partial charge in [0.15, 0.2) is 0 Å². The van der Waals surface area contributed by atoms with Crippen molar-refractivity contribution < 1.29 is 13.5 Å². The third-order valence-electron chi connectivity index (χ3n) is 5.66. The van der Waals surface area contributed by atoms with Gasteiger partial charge in [0.05, 0.1) is 12.2 Å². The first-order valence-corrected chi connectivity index (χ1v) is 9.10. The Hall–Kier alpha value is -1.95. The Morgan fingerprint density at radius 1 is 1.28 bits per heavy atom. The molecule has 1 aliphatic carbocycles. The number of aromatic nitrogens is 2. The zero-order valence-corrected chi connectivity index (χ0v) is 14.6. The highest BCUT2D eigenvalue weighted by molar-refractivity contribution is 5.55. The van der Waals surface area contributed by atoms with E-state index in [1.54, 1.807) is 19.1 Å². The summed E-state index contributed by atoms with van der Waals surface area (Å²) in [5, 5.41) is 11.0. The highest BCUT2D eigenvalue weighted by Crippen LogP contribution is 2.57. The van der Waals surface area contributed by atoms with Gasteiger partial charge >= 0.3 is 0 Å². The summed E-state index contributed by atoms with van der Waals surface area (Å²) in [6.07, 6.45) is 6.22. The van der Waals surface area contributed by atoms with Crippen molar-refractivity contribution in [3.05, 3.63) is 29.9 Å². The minimum absolute atomic E-state index is 0.199. The molecule has 1 aromatic heterocycles. The summed E-state index contributed by atoms with van der Waals surface area (Å²) in [5.41, 5.74) is 0.781. The zero-order chi connectivity index (χ0) is 17.3. The lowest BCUT2D eigenvalue weighted by Crippen LogP contribution is -2.33. The molecule has 0 radical (unpaired) electrons. The van der Waals surface area contributed by atoms with E-state index < -0.39 is 5.82 Å². The molecule has 0 atom stereocenters. The maximum Gasteiger partial charge on any atom is 0.250 e. The molecule has 25 heavy (non-hydrogen) atoms. The first-order valence-electron chi connectivity index (χ1n) is 9.10. The lowest BCUT2D eigenvalue weighted by atomic mass is 9.80. The van der Waals surface area contributed by atoms with Crippen LogP contribution >= 0.6 is 0 Å². The number of nitrogens with one attached hydrogen (secondary N) is 1. The highest BCUT2D eigenvalue weighted by atomic mass is 19.1. The van der Waals surface area contributed by atoms with Crippen LogP contribution in [0.2, 0.25) is 0 Å². The number of piperidine rings is 1. The molecule has 2 fully saturated rings. The van der Waals surface area contributed by atoms with Crippen LogP contribution < -0.4 is 10.1 Å². The Kier molecular flexibility index (Phi) is 4.46. The Bertz CT molecular complexity index is 736. The van der Waals surface area contributed by atoms with E-state index in [0.29, 0.717) is 29.2 Å². The largest absolute Gasteiger partial charge is 0.493 e. The Balaban J connectivity index is 1.35. The molecule has 1 saturated carbocycles.